The summed E-state index contributed by atoms with van der Waals surface area (Å²) >= 11 is 0. The molecule has 0 amide bonds. The number of hydrogen-bond donors (Lipinski definition) is 1. The molecule has 1 N–H and O–H groups in total. The van der Waals surface area contributed by atoms with Crippen molar-refractivity contribution in [2.75, 3.05) is 12.4 Å². The topological polar surface area (TPSA) is 42.7 Å². The second-order valence-corrected chi connectivity index (χ2v) is 4.27. The van der Waals surface area contributed by atoms with Crippen molar-refractivity contribution < 1.29 is 0 Å². The van der Waals surface area contributed by atoms with Gasteiger partial charge in [0.05, 0.1) is 0 Å². The van der Waals surface area contributed by atoms with Crippen LogP contribution >= 0.6 is 0 Å². The van der Waals surface area contributed by atoms with Crippen molar-refractivity contribution >= 4 is 5.95 Å². The lowest BCUT2D eigenvalue weighted by Crippen LogP contribution is -2.09. The third-order valence-electron chi connectivity index (χ3n) is 1.97. The predicted molar refractivity (Wildman–Crippen MR) is 58.5 cm³/mol. The molecule has 1 aromatic rings. The maximum Gasteiger partial charge on any atom is 0.221 e. The van der Waals surface area contributed by atoms with Crippen LogP contribution in [-0.4, -0.2) is 21.8 Å². The monoisotopic (exact) mass is 196 g/mol. The van der Waals surface area contributed by atoms with Gasteiger partial charge in [-0.05, 0) is 5.92 Å². The summed E-state index contributed by atoms with van der Waals surface area (Å²) in [6.45, 7) is 9.48. The van der Waals surface area contributed by atoms with Crippen molar-refractivity contribution in [1.82, 2.24) is 14.8 Å². The number of hydrogen-bond acceptors (Lipinski definition) is 3. The normalized spacial score (nSPS) is 11.4. The van der Waals surface area contributed by atoms with Gasteiger partial charge < -0.3 is 5.32 Å². The van der Waals surface area contributed by atoms with Gasteiger partial charge in [-0.25, -0.2) is 4.68 Å². The molecule has 4 heteroatoms. The van der Waals surface area contributed by atoms with Gasteiger partial charge in [0.1, 0.15) is 0 Å². The van der Waals surface area contributed by atoms with E-state index in [9.17, 15) is 0 Å². The summed E-state index contributed by atoms with van der Waals surface area (Å²) in [5.74, 6) is 2.75. The number of rotatable bonds is 4. The molecule has 1 heterocycles. The van der Waals surface area contributed by atoms with E-state index in [1.807, 2.05) is 11.7 Å². The van der Waals surface area contributed by atoms with Crippen LogP contribution < -0.4 is 5.32 Å². The van der Waals surface area contributed by atoms with Crippen LogP contribution in [-0.2, 0) is 6.54 Å². The van der Waals surface area contributed by atoms with Crippen LogP contribution in [0.1, 0.15) is 39.4 Å². The van der Waals surface area contributed by atoms with Crippen molar-refractivity contribution in [3.8, 4) is 0 Å². The van der Waals surface area contributed by atoms with Crippen molar-refractivity contribution in [2.24, 2.45) is 5.92 Å². The Morgan fingerprint density at radius 2 is 1.93 bits per heavy atom. The van der Waals surface area contributed by atoms with Crippen LogP contribution in [0.5, 0.6) is 0 Å². The zero-order valence-electron chi connectivity index (χ0n) is 9.70. The molecule has 0 saturated heterocycles. The minimum atomic E-state index is 0.385. The molecule has 0 fully saturated rings. The van der Waals surface area contributed by atoms with E-state index in [-0.39, 0.29) is 0 Å². The Balaban J connectivity index is 2.90. The smallest absolute Gasteiger partial charge is 0.221 e. The molecular weight excluding hydrogens is 176 g/mol. The molecular formula is C10H20N4. The van der Waals surface area contributed by atoms with Crippen LogP contribution in [0.15, 0.2) is 0 Å². The third kappa shape index (κ3) is 2.47. The van der Waals surface area contributed by atoms with Gasteiger partial charge in [0.25, 0.3) is 0 Å². The second kappa shape index (κ2) is 4.44. The van der Waals surface area contributed by atoms with Gasteiger partial charge in [0, 0.05) is 19.5 Å². The quantitative estimate of drug-likeness (QED) is 0.802. The van der Waals surface area contributed by atoms with Gasteiger partial charge in [-0.15, -0.1) is 0 Å². The summed E-state index contributed by atoms with van der Waals surface area (Å²) in [7, 11) is 1.88. The summed E-state index contributed by atoms with van der Waals surface area (Å²) in [6.07, 6.45) is 0. The lowest BCUT2D eigenvalue weighted by atomic mass is 10.2. The molecule has 0 saturated carbocycles. The molecule has 0 aliphatic heterocycles. The van der Waals surface area contributed by atoms with E-state index < -0.39 is 0 Å². The molecule has 0 aromatic carbocycles. The van der Waals surface area contributed by atoms with Crippen LogP contribution in [0.3, 0.4) is 0 Å². The summed E-state index contributed by atoms with van der Waals surface area (Å²) in [5, 5.41) is 7.53. The van der Waals surface area contributed by atoms with Crippen LogP contribution in [0.2, 0.25) is 0 Å². The summed E-state index contributed by atoms with van der Waals surface area (Å²) in [4.78, 5) is 4.42. The lowest BCUT2D eigenvalue weighted by Gasteiger charge is -2.06. The highest BCUT2D eigenvalue weighted by molar-refractivity contribution is 5.24. The zero-order chi connectivity index (χ0) is 10.7. The van der Waals surface area contributed by atoms with E-state index in [1.54, 1.807) is 0 Å². The molecule has 80 valence electrons. The third-order valence-corrected chi connectivity index (χ3v) is 1.97. The predicted octanol–water partition coefficient (Wildman–Crippen LogP) is 2.10. The van der Waals surface area contributed by atoms with Gasteiger partial charge in [-0.3, -0.25) is 0 Å². The van der Waals surface area contributed by atoms with Crippen LogP contribution in [0, 0.1) is 5.92 Å². The van der Waals surface area contributed by atoms with E-state index in [1.165, 1.54) is 0 Å². The molecule has 0 atom stereocenters. The molecule has 0 unspecified atom stereocenters. The number of anilines is 1. The molecule has 0 aliphatic rings. The molecule has 4 nitrogen and oxygen atoms in total. The average molecular weight is 196 g/mol. The van der Waals surface area contributed by atoms with Crippen LogP contribution in [0.25, 0.3) is 0 Å². The Kier molecular flexibility index (Phi) is 3.49. The Morgan fingerprint density at radius 3 is 2.36 bits per heavy atom. The van der Waals surface area contributed by atoms with Gasteiger partial charge in [-0.2, -0.15) is 10.1 Å². The number of nitrogens with zero attached hydrogens (tertiary/aromatic N) is 3. The minimum absolute atomic E-state index is 0.385. The van der Waals surface area contributed by atoms with E-state index in [0.717, 1.165) is 18.3 Å². The first-order valence-corrected chi connectivity index (χ1v) is 5.17. The Labute approximate surface area is 85.7 Å². The van der Waals surface area contributed by atoms with Gasteiger partial charge in [0.15, 0.2) is 5.82 Å². The standard InChI is InChI=1S/C10H20N4/c1-7(2)6-14-10(11-5)12-9(13-14)8(3)4/h7-8H,6H2,1-5H3,(H,11,12,13). The Bertz CT molecular complexity index is 288. The highest BCUT2D eigenvalue weighted by atomic mass is 15.4. The molecule has 14 heavy (non-hydrogen) atoms. The van der Waals surface area contributed by atoms with E-state index >= 15 is 0 Å². The largest absolute Gasteiger partial charge is 0.357 e. The Morgan fingerprint density at radius 1 is 1.29 bits per heavy atom. The highest BCUT2D eigenvalue weighted by Crippen LogP contribution is 2.14. The fourth-order valence-electron chi connectivity index (χ4n) is 1.26. The van der Waals surface area contributed by atoms with Crippen molar-refractivity contribution in [3.05, 3.63) is 5.82 Å². The number of nitrogens with one attached hydrogen (secondary N) is 1. The van der Waals surface area contributed by atoms with E-state index in [0.29, 0.717) is 11.8 Å². The zero-order valence-corrected chi connectivity index (χ0v) is 9.70. The van der Waals surface area contributed by atoms with Crippen LogP contribution in [0.4, 0.5) is 5.95 Å². The SMILES string of the molecule is CNc1nc(C(C)C)nn1CC(C)C. The highest BCUT2D eigenvalue weighted by Gasteiger charge is 2.11. The first-order chi connectivity index (χ1) is 6.54. The summed E-state index contributed by atoms with van der Waals surface area (Å²) < 4.78 is 1.94. The first kappa shape index (κ1) is 11.0. The van der Waals surface area contributed by atoms with Gasteiger partial charge in [-0.1, -0.05) is 27.7 Å². The maximum absolute atomic E-state index is 4.46. The lowest BCUT2D eigenvalue weighted by molar-refractivity contribution is 0.482. The molecule has 0 bridgehead atoms. The molecule has 0 aliphatic carbocycles. The molecule has 1 rings (SSSR count). The molecule has 1 aromatic heterocycles. The fraction of sp³-hybridized carbons (Fsp3) is 0.800. The maximum atomic E-state index is 4.46. The minimum Gasteiger partial charge on any atom is -0.357 e. The number of aromatic nitrogens is 3. The van der Waals surface area contributed by atoms with Crippen molar-refractivity contribution in [3.63, 3.8) is 0 Å². The second-order valence-electron chi connectivity index (χ2n) is 4.27. The van der Waals surface area contributed by atoms with Gasteiger partial charge in [0.2, 0.25) is 5.95 Å². The Hall–Kier alpha value is -1.06. The van der Waals surface area contributed by atoms with Crippen molar-refractivity contribution in [2.45, 2.75) is 40.2 Å². The van der Waals surface area contributed by atoms with Gasteiger partial charge >= 0.3 is 0 Å². The van der Waals surface area contributed by atoms with E-state index in [2.05, 4.69) is 43.1 Å². The summed E-state index contributed by atoms with van der Waals surface area (Å²) in [6, 6.07) is 0. The van der Waals surface area contributed by atoms with E-state index in [4.69, 9.17) is 0 Å². The summed E-state index contributed by atoms with van der Waals surface area (Å²) in [5.41, 5.74) is 0. The molecule has 0 radical (unpaired) electrons. The average Bonchev–Trinajstić information content (AvgIpc) is 2.46. The first-order valence-electron chi connectivity index (χ1n) is 5.17. The van der Waals surface area contributed by atoms with Crippen molar-refractivity contribution in [1.29, 1.82) is 0 Å². The molecule has 0 spiro atoms. The fourth-order valence-corrected chi connectivity index (χ4v) is 1.26.